The molecule has 300 valence electrons. The average Bonchev–Trinajstić information content (AvgIpc) is 3.60. The van der Waals surface area contributed by atoms with Crippen LogP contribution in [0.2, 0.25) is 0 Å². The predicted molar refractivity (Wildman–Crippen MR) is 243 cm³/mol. The van der Waals surface area contributed by atoms with Crippen molar-refractivity contribution < 1.29 is 27.5 Å². The van der Waals surface area contributed by atoms with Crippen molar-refractivity contribution in [2.45, 2.75) is 79.0 Å². The number of pyridine rings is 1. The molecule has 4 nitrogen and oxygen atoms in total. The maximum atomic E-state index is 12.0. The number of nitrogens with zero attached hydrogens (tertiary/aromatic N) is 3. The van der Waals surface area contributed by atoms with Crippen molar-refractivity contribution in [3.05, 3.63) is 168 Å². The Morgan fingerprint density at radius 1 is 0.644 bits per heavy atom. The summed E-state index contributed by atoms with van der Waals surface area (Å²) in [6, 6.07) is 50.0. The maximum Gasteiger partial charge on any atom is 0.148 e. The number of fused-ring (bicyclic) bond motifs is 1. The van der Waals surface area contributed by atoms with Gasteiger partial charge in [-0.1, -0.05) is 158 Å². The van der Waals surface area contributed by atoms with Crippen LogP contribution in [0.3, 0.4) is 0 Å². The molecule has 0 amide bonds. The number of para-hydroxylation sites is 1. The smallest absolute Gasteiger partial charge is 0.148 e. The predicted octanol–water partition coefficient (Wildman–Crippen LogP) is 14.3. The summed E-state index contributed by atoms with van der Waals surface area (Å²) in [6.07, 6.45) is 1.88. The Morgan fingerprint density at radius 3 is 1.95 bits per heavy atom. The number of hydrogen-bond acceptors (Lipinski definition) is 3. The first-order valence-corrected chi connectivity index (χ1v) is 20.1. The van der Waals surface area contributed by atoms with E-state index in [2.05, 4.69) is 155 Å². The minimum absolute atomic E-state index is 0. The number of phenolic OH excluding ortho intramolecular Hbond substituents is 1. The molecule has 8 aromatic rings. The van der Waals surface area contributed by atoms with Crippen LogP contribution in [0.25, 0.3) is 72.7 Å². The fraction of sp³-hybridized carbons (Fsp3) is 0.222. The summed E-state index contributed by atoms with van der Waals surface area (Å²) in [5, 5.41) is 12.0. The third-order valence-electron chi connectivity index (χ3n) is 11.2. The van der Waals surface area contributed by atoms with E-state index in [1.807, 2.05) is 57.3 Å². The molecule has 0 atom stereocenters. The van der Waals surface area contributed by atoms with Gasteiger partial charge in [0.25, 0.3) is 0 Å². The zero-order valence-corrected chi connectivity index (χ0v) is 37.7. The quantitative estimate of drug-likeness (QED) is 0.162. The molecule has 2 aromatic heterocycles. The Bertz CT molecular complexity index is 2840. The molecule has 0 unspecified atom stereocenters. The molecule has 0 spiro atoms. The zero-order chi connectivity index (χ0) is 41.9. The molecule has 0 fully saturated rings. The van der Waals surface area contributed by atoms with Crippen LogP contribution in [0, 0.1) is 13.0 Å². The molecule has 0 radical (unpaired) electrons. The van der Waals surface area contributed by atoms with Gasteiger partial charge in [-0.15, -0.1) is 29.3 Å². The molecule has 0 bridgehead atoms. The third kappa shape index (κ3) is 8.21. The van der Waals surface area contributed by atoms with Crippen molar-refractivity contribution in [3.63, 3.8) is 0 Å². The minimum atomic E-state index is -0.813. The van der Waals surface area contributed by atoms with E-state index in [4.69, 9.17) is 11.3 Å². The molecule has 59 heavy (non-hydrogen) atoms. The first-order chi connectivity index (χ1) is 28.0. The molecule has 0 saturated carbocycles. The van der Waals surface area contributed by atoms with Crippen molar-refractivity contribution in [3.8, 4) is 67.5 Å². The second kappa shape index (κ2) is 16.2. The Hall–Kier alpha value is -5.57. The van der Waals surface area contributed by atoms with E-state index in [1.165, 1.54) is 0 Å². The van der Waals surface area contributed by atoms with E-state index >= 15 is 0 Å². The van der Waals surface area contributed by atoms with Crippen LogP contribution >= 0.6 is 0 Å². The summed E-state index contributed by atoms with van der Waals surface area (Å²) in [4.78, 5) is 10.4. The summed E-state index contributed by atoms with van der Waals surface area (Å²) >= 11 is 0. The molecule has 6 aromatic carbocycles. The number of aryl methyl sites for hydroxylation is 1. The molecule has 1 N–H and O–H groups in total. The molecule has 8 rings (SSSR count). The summed E-state index contributed by atoms with van der Waals surface area (Å²) in [6.45, 7) is 19.1. The third-order valence-corrected chi connectivity index (χ3v) is 11.2. The van der Waals surface area contributed by atoms with Crippen LogP contribution in [-0.4, -0.2) is 19.6 Å². The van der Waals surface area contributed by atoms with Crippen molar-refractivity contribution in [2.75, 3.05) is 0 Å². The standard InChI is InChI=1S/C54H52N3O.Pt/c1-34(2)38-23-24-48(45(31-38)37-19-14-11-15-20-37)57-49-22-16-21-44(50(49)56-52(57)46-33-42(53(4,5)6)27-35(3)51(46)58)40-28-41(30-43(29-40)54(7,8)9)47-32-39(25-26-55-47)36-17-12-10-13-18-36;/h10-27,29-34,58H,1-9H3;/q-1;/i34D;. The van der Waals surface area contributed by atoms with Gasteiger partial charge in [0.2, 0.25) is 0 Å². The van der Waals surface area contributed by atoms with Gasteiger partial charge in [-0.2, -0.15) is 0 Å². The minimum Gasteiger partial charge on any atom is -0.507 e. The average molecular weight is 955 g/mol. The van der Waals surface area contributed by atoms with E-state index in [-0.39, 0.29) is 37.6 Å². The van der Waals surface area contributed by atoms with Crippen molar-refractivity contribution in [2.24, 2.45) is 0 Å². The summed E-state index contributed by atoms with van der Waals surface area (Å²) in [5.74, 6) is 0.0277. The zero-order valence-electron chi connectivity index (χ0n) is 36.4. The molecular weight excluding hydrogens is 902 g/mol. The fourth-order valence-electron chi connectivity index (χ4n) is 7.69. The largest absolute Gasteiger partial charge is 0.507 e. The van der Waals surface area contributed by atoms with Crippen LogP contribution in [-0.2, 0) is 31.9 Å². The van der Waals surface area contributed by atoms with Gasteiger partial charge in [0.1, 0.15) is 11.6 Å². The van der Waals surface area contributed by atoms with Gasteiger partial charge in [-0.3, -0.25) is 9.55 Å². The van der Waals surface area contributed by atoms with Crippen molar-refractivity contribution in [1.29, 1.82) is 0 Å². The van der Waals surface area contributed by atoms with Gasteiger partial charge in [0.15, 0.2) is 0 Å². The fourth-order valence-corrected chi connectivity index (χ4v) is 7.69. The molecule has 0 aliphatic heterocycles. The van der Waals surface area contributed by atoms with Crippen LogP contribution < -0.4 is 0 Å². The maximum absolute atomic E-state index is 12.0. The Morgan fingerprint density at radius 2 is 1.29 bits per heavy atom. The van der Waals surface area contributed by atoms with E-state index in [9.17, 15) is 5.11 Å². The molecule has 2 heterocycles. The second-order valence-electron chi connectivity index (χ2n) is 17.7. The monoisotopic (exact) mass is 954 g/mol. The van der Waals surface area contributed by atoms with Crippen LogP contribution in [0.5, 0.6) is 5.75 Å². The number of phenols is 1. The Labute approximate surface area is 365 Å². The van der Waals surface area contributed by atoms with Crippen LogP contribution in [0.4, 0.5) is 0 Å². The van der Waals surface area contributed by atoms with Crippen LogP contribution in [0.1, 0.15) is 84.9 Å². The van der Waals surface area contributed by atoms with E-state index in [0.29, 0.717) is 11.4 Å². The number of hydrogen-bond donors (Lipinski definition) is 1. The summed E-state index contributed by atoms with van der Waals surface area (Å²) < 4.78 is 11.2. The number of benzene rings is 6. The molecular formula is C54H52N3OPt-. The van der Waals surface area contributed by atoms with Gasteiger partial charge in [0, 0.05) is 39.9 Å². The number of imidazole rings is 1. The second-order valence-corrected chi connectivity index (χ2v) is 17.7. The first-order valence-electron chi connectivity index (χ1n) is 20.6. The van der Waals surface area contributed by atoms with E-state index < -0.39 is 5.89 Å². The molecule has 5 heteroatoms. The number of rotatable bonds is 7. The molecule has 0 aliphatic carbocycles. The van der Waals surface area contributed by atoms with Gasteiger partial charge >= 0.3 is 0 Å². The van der Waals surface area contributed by atoms with Crippen molar-refractivity contribution >= 4 is 11.0 Å². The normalized spacial score (nSPS) is 12.3. The number of aromatic nitrogens is 3. The SMILES string of the molecule is [2H]C(C)(C)c1ccc(-n2c(-c3cc(C(C)(C)C)cc(C)c3O)nc3c(-c4[c-]c(-c5cc(-c6ccccc6)ccn5)cc(C(C)(C)C)c4)cccc32)c(-c2ccccc2)c1.[Pt]. The van der Waals surface area contributed by atoms with Gasteiger partial charge in [-0.05, 0) is 87.4 Å². The van der Waals surface area contributed by atoms with Gasteiger partial charge < -0.3 is 5.11 Å². The first kappa shape index (κ1) is 40.2. The van der Waals surface area contributed by atoms with Crippen LogP contribution in [0.15, 0.2) is 140 Å². The molecule has 0 aliphatic rings. The topological polar surface area (TPSA) is 50.9 Å². The Balaban J connectivity index is 0.00000544. The van der Waals surface area contributed by atoms with E-state index in [0.717, 1.165) is 83.6 Å². The summed E-state index contributed by atoms with van der Waals surface area (Å²) in [7, 11) is 0. The van der Waals surface area contributed by atoms with Crippen molar-refractivity contribution in [1.82, 2.24) is 14.5 Å². The van der Waals surface area contributed by atoms with E-state index in [1.54, 1.807) is 0 Å². The molecule has 0 saturated heterocycles. The Kier molecular flexibility index (Phi) is 11.1. The van der Waals surface area contributed by atoms with Gasteiger partial charge in [0.05, 0.1) is 22.3 Å². The summed E-state index contributed by atoms with van der Waals surface area (Å²) in [5.41, 5.74) is 14.7. The van der Waals surface area contributed by atoms with Gasteiger partial charge in [-0.25, -0.2) is 4.98 Å². The number of aromatic hydroxyl groups is 1.